The predicted molar refractivity (Wildman–Crippen MR) is 106 cm³/mol. The molecule has 0 aliphatic carbocycles. The van der Waals surface area contributed by atoms with E-state index in [4.69, 9.17) is 4.74 Å². The Bertz CT molecular complexity index is 1010. The molecule has 1 aromatic carbocycles. The van der Waals surface area contributed by atoms with Crippen LogP contribution in [0.1, 0.15) is 24.2 Å². The van der Waals surface area contributed by atoms with Crippen LogP contribution in [0.25, 0.3) is 11.4 Å². The van der Waals surface area contributed by atoms with Gasteiger partial charge in [0.05, 0.1) is 24.0 Å². The number of carbonyl (C=O) groups excluding carboxylic acids is 1. The van der Waals surface area contributed by atoms with Crippen LogP contribution in [0.4, 0.5) is 5.95 Å². The standard InChI is InChI=1S/C20H21N5O3/c1-13(2)28-15-6-4-14(5-7-15)18(26)11-22-20-24-17(10-19(27)25(20)3)16-8-9-21-12-23-16/h4-10,12-13H,11H2,1-3H3,(H,22,24). The van der Waals surface area contributed by atoms with E-state index in [0.29, 0.717) is 22.7 Å². The number of nitrogens with zero attached hydrogens (tertiary/aromatic N) is 4. The number of rotatable bonds is 7. The second-order valence-corrected chi connectivity index (χ2v) is 6.42. The molecule has 0 aliphatic rings. The topological polar surface area (TPSA) is 99.0 Å². The zero-order valence-corrected chi connectivity index (χ0v) is 15.9. The molecule has 0 radical (unpaired) electrons. The molecular weight excluding hydrogens is 358 g/mol. The Labute approximate surface area is 162 Å². The van der Waals surface area contributed by atoms with Crippen LogP contribution in [0.5, 0.6) is 5.75 Å². The van der Waals surface area contributed by atoms with Crippen LogP contribution in [0, 0.1) is 0 Å². The summed E-state index contributed by atoms with van der Waals surface area (Å²) in [5, 5.41) is 2.94. The molecule has 8 heteroatoms. The van der Waals surface area contributed by atoms with E-state index in [1.807, 2.05) is 13.8 Å². The van der Waals surface area contributed by atoms with Gasteiger partial charge in [0, 0.05) is 24.9 Å². The Balaban J connectivity index is 1.74. The third-order valence-corrected chi connectivity index (χ3v) is 3.93. The van der Waals surface area contributed by atoms with E-state index < -0.39 is 0 Å². The van der Waals surface area contributed by atoms with Crippen LogP contribution in [0.2, 0.25) is 0 Å². The molecule has 0 saturated heterocycles. The summed E-state index contributed by atoms with van der Waals surface area (Å²) in [5.74, 6) is 0.869. The third kappa shape index (κ3) is 4.59. The van der Waals surface area contributed by atoms with Crippen molar-refractivity contribution in [2.75, 3.05) is 11.9 Å². The maximum atomic E-state index is 12.5. The number of Topliss-reactive ketones (excluding diaryl/α,β-unsaturated/α-hetero) is 1. The van der Waals surface area contributed by atoms with Crippen LogP contribution in [-0.4, -0.2) is 38.0 Å². The van der Waals surface area contributed by atoms with Crippen LogP contribution in [-0.2, 0) is 7.05 Å². The Kier molecular flexibility index (Phi) is 5.78. The molecule has 0 spiro atoms. The lowest BCUT2D eigenvalue weighted by atomic mass is 10.1. The van der Waals surface area contributed by atoms with Crippen molar-refractivity contribution >= 4 is 11.7 Å². The van der Waals surface area contributed by atoms with Gasteiger partial charge in [-0.05, 0) is 44.2 Å². The van der Waals surface area contributed by atoms with Crippen LogP contribution >= 0.6 is 0 Å². The molecule has 2 heterocycles. The first-order chi connectivity index (χ1) is 13.4. The average molecular weight is 379 g/mol. The molecule has 28 heavy (non-hydrogen) atoms. The van der Waals surface area contributed by atoms with Gasteiger partial charge in [-0.1, -0.05) is 0 Å². The summed E-state index contributed by atoms with van der Waals surface area (Å²) in [6.45, 7) is 3.88. The molecule has 144 valence electrons. The van der Waals surface area contributed by atoms with Crippen molar-refractivity contribution in [3.05, 3.63) is 64.8 Å². The first kappa shape index (κ1) is 19.2. The monoisotopic (exact) mass is 379 g/mol. The van der Waals surface area contributed by atoms with Gasteiger partial charge in [-0.25, -0.2) is 15.0 Å². The van der Waals surface area contributed by atoms with Crippen molar-refractivity contribution in [1.82, 2.24) is 19.5 Å². The second-order valence-electron chi connectivity index (χ2n) is 6.42. The molecule has 0 fully saturated rings. The molecule has 0 aliphatic heterocycles. The highest BCUT2D eigenvalue weighted by Gasteiger charge is 2.11. The first-order valence-electron chi connectivity index (χ1n) is 8.82. The highest BCUT2D eigenvalue weighted by molar-refractivity contribution is 5.98. The minimum Gasteiger partial charge on any atom is -0.491 e. The van der Waals surface area contributed by atoms with E-state index in [0.717, 1.165) is 0 Å². The predicted octanol–water partition coefficient (Wildman–Crippen LogP) is 2.32. The zero-order valence-electron chi connectivity index (χ0n) is 15.9. The number of hydrogen-bond donors (Lipinski definition) is 1. The Morgan fingerprint density at radius 1 is 1.18 bits per heavy atom. The zero-order chi connectivity index (χ0) is 20.1. The van der Waals surface area contributed by atoms with Crippen molar-refractivity contribution in [3.63, 3.8) is 0 Å². The van der Waals surface area contributed by atoms with Crippen molar-refractivity contribution < 1.29 is 9.53 Å². The lowest BCUT2D eigenvalue weighted by molar-refractivity contribution is 0.101. The molecule has 3 aromatic rings. The number of anilines is 1. The fraction of sp³-hybridized carbons (Fsp3) is 0.250. The molecule has 0 atom stereocenters. The fourth-order valence-corrected chi connectivity index (χ4v) is 2.52. The number of aromatic nitrogens is 4. The van der Waals surface area contributed by atoms with Gasteiger partial charge in [-0.2, -0.15) is 0 Å². The minimum atomic E-state index is -0.256. The number of ketones is 1. The summed E-state index contributed by atoms with van der Waals surface area (Å²) in [6, 6.07) is 10.0. The second kappa shape index (κ2) is 8.43. The Morgan fingerprint density at radius 3 is 2.57 bits per heavy atom. The van der Waals surface area contributed by atoms with Crippen molar-refractivity contribution in [1.29, 1.82) is 0 Å². The lowest BCUT2D eigenvalue weighted by Gasteiger charge is -2.12. The fourth-order valence-electron chi connectivity index (χ4n) is 2.52. The van der Waals surface area contributed by atoms with Gasteiger partial charge in [-0.15, -0.1) is 0 Å². The summed E-state index contributed by atoms with van der Waals surface area (Å²) in [5.41, 5.74) is 1.23. The van der Waals surface area contributed by atoms with E-state index in [1.165, 1.54) is 17.0 Å². The van der Waals surface area contributed by atoms with E-state index in [1.54, 1.807) is 43.6 Å². The number of hydrogen-bond acceptors (Lipinski definition) is 7. The maximum absolute atomic E-state index is 12.5. The smallest absolute Gasteiger partial charge is 0.255 e. The van der Waals surface area contributed by atoms with E-state index in [2.05, 4.69) is 20.3 Å². The summed E-state index contributed by atoms with van der Waals surface area (Å²) < 4.78 is 6.92. The highest BCUT2D eigenvalue weighted by Crippen LogP contribution is 2.15. The van der Waals surface area contributed by atoms with E-state index in [9.17, 15) is 9.59 Å². The van der Waals surface area contributed by atoms with Crippen molar-refractivity contribution in [2.45, 2.75) is 20.0 Å². The number of carbonyl (C=O) groups is 1. The lowest BCUT2D eigenvalue weighted by Crippen LogP contribution is -2.24. The van der Waals surface area contributed by atoms with Crippen LogP contribution in [0.3, 0.4) is 0 Å². The summed E-state index contributed by atoms with van der Waals surface area (Å²) in [6.07, 6.45) is 3.03. The van der Waals surface area contributed by atoms with Crippen LogP contribution < -0.4 is 15.6 Å². The molecular formula is C20H21N5O3. The van der Waals surface area contributed by atoms with Gasteiger partial charge in [0.1, 0.15) is 12.1 Å². The summed E-state index contributed by atoms with van der Waals surface area (Å²) in [4.78, 5) is 37.0. The van der Waals surface area contributed by atoms with Crippen molar-refractivity contribution in [3.8, 4) is 17.1 Å². The largest absolute Gasteiger partial charge is 0.491 e. The molecule has 2 aromatic heterocycles. The van der Waals surface area contributed by atoms with E-state index in [-0.39, 0.29) is 29.9 Å². The number of nitrogens with one attached hydrogen (secondary N) is 1. The number of ether oxygens (including phenoxy) is 1. The van der Waals surface area contributed by atoms with Gasteiger partial charge in [0.2, 0.25) is 5.95 Å². The quantitative estimate of drug-likeness (QED) is 0.629. The van der Waals surface area contributed by atoms with Gasteiger partial charge >= 0.3 is 0 Å². The molecule has 0 unspecified atom stereocenters. The first-order valence-corrected chi connectivity index (χ1v) is 8.82. The summed E-state index contributed by atoms with van der Waals surface area (Å²) >= 11 is 0. The van der Waals surface area contributed by atoms with Gasteiger partial charge in [-0.3, -0.25) is 14.2 Å². The molecule has 1 N–H and O–H groups in total. The molecule has 8 nitrogen and oxygen atoms in total. The SMILES string of the molecule is CC(C)Oc1ccc(C(=O)CNc2nc(-c3ccncn3)cc(=O)n2C)cc1. The van der Waals surface area contributed by atoms with Gasteiger partial charge in [0.25, 0.3) is 5.56 Å². The minimum absolute atomic E-state index is 0.00209. The normalized spacial score (nSPS) is 10.7. The van der Waals surface area contributed by atoms with Crippen LogP contribution in [0.15, 0.2) is 53.7 Å². The van der Waals surface area contributed by atoms with Gasteiger partial charge < -0.3 is 10.1 Å². The number of benzene rings is 1. The molecule has 0 amide bonds. The Hall–Kier alpha value is -3.55. The van der Waals surface area contributed by atoms with Gasteiger partial charge in [0.15, 0.2) is 5.78 Å². The Morgan fingerprint density at radius 2 is 1.93 bits per heavy atom. The molecule has 0 bridgehead atoms. The van der Waals surface area contributed by atoms with Crippen molar-refractivity contribution in [2.24, 2.45) is 7.05 Å². The average Bonchev–Trinajstić information content (AvgIpc) is 2.69. The highest BCUT2D eigenvalue weighted by atomic mass is 16.5. The van der Waals surface area contributed by atoms with E-state index >= 15 is 0 Å². The maximum Gasteiger partial charge on any atom is 0.255 e. The molecule has 3 rings (SSSR count). The summed E-state index contributed by atoms with van der Waals surface area (Å²) in [7, 11) is 1.59. The molecule has 0 saturated carbocycles. The third-order valence-electron chi connectivity index (χ3n) is 3.93.